The third-order valence-corrected chi connectivity index (χ3v) is 9.41. The van der Waals surface area contributed by atoms with E-state index in [2.05, 4.69) is 95.6 Å². The molecule has 2 aromatic rings. The maximum Gasteiger partial charge on any atom is 0.135 e. The first-order valence-corrected chi connectivity index (χ1v) is 15.2. The van der Waals surface area contributed by atoms with Gasteiger partial charge in [0, 0.05) is 42.8 Å². The fourth-order valence-electron chi connectivity index (χ4n) is 4.90. The zero-order valence-corrected chi connectivity index (χ0v) is 26.0. The first-order chi connectivity index (χ1) is 18.3. The summed E-state index contributed by atoms with van der Waals surface area (Å²) in [5.74, 6) is 2.77. The molecule has 2 aliphatic heterocycles. The standard InChI is InChI=1S/C32H46N4O2S/c1-30(2,3)32(6,7)38-24-12-10-23(11-13-24)14-19-39-29-26(21-33)25-20-31(4,5)37-22-27(25)28(34-29)36-16-9-15-35(8)17-18-36/h10-13H,9,14-20,22H2,1-8H3. The fraction of sp³-hybridized carbons (Fsp3) is 0.625. The minimum Gasteiger partial charge on any atom is -0.487 e. The van der Waals surface area contributed by atoms with Crippen LogP contribution in [0.25, 0.3) is 0 Å². The van der Waals surface area contributed by atoms with E-state index in [1.165, 1.54) is 5.56 Å². The number of likely N-dealkylation sites (N-methyl/N-ethyl adjacent to an activating group) is 1. The second-order valence-corrected chi connectivity index (χ2v) is 14.2. The number of rotatable bonds is 7. The molecule has 0 spiro atoms. The van der Waals surface area contributed by atoms with Crippen LogP contribution < -0.4 is 9.64 Å². The van der Waals surface area contributed by atoms with Crippen molar-refractivity contribution in [1.82, 2.24) is 9.88 Å². The van der Waals surface area contributed by atoms with Crippen LogP contribution in [0.2, 0.25) is 0 Å². The van der Waals surface area contributed by atoms with E-state index in [0.717, 1.165) is 84.5 Å². The Balaban J connectivity index is 1.53. The number of ether oxygens (including phenoxy) is 2. The Morgan fingerprint density at radius 2 is 1.77 bits per heavy atom. The van der Waals surface area contributed by atoms with E-state index in [9.17, 15) is 5.26 Å². The van der Waals surface area contributed by atoms with Gasteiger partial charge < -0.3 is 19.3 Å². The van der Waals surface area contributed by atoms with Gasteiger partial charge >= 0.3 is 0 Å². The van der Waals surface area contributed by atoms with E-state index < -0.39 is 0 Å². The third-order valence-electron chi connectivity index (χ3n) is 8.43. The van der Waals surface area contributed by atoms with Crippen LogP contribution in [0.15, 0.2) is 29.3 Å². The number of aryl methyl sites for hydroxylation is 1. The van der Waals surface area contributed by atoms with E-state index in [1.807, 2.05) is 0 Å². The van der Waals surface area contributed by atoms with Crippen molar-refractivity contribution in [2.24, 2.45) is 5.41 Å². The van der Waals surface area contributed by atoms with Gasteiger partial charge in [0.1, 0.15) is 28.3 Å². The summed E-state index contributed by atoms with van der Waals surface area (Å²) < 4.78 is 12.5. The molecule has 1 aromatic carbocycles. The number of anilines is 1. The molecule has 1 saturated heterocycles. The SMILES string of the molecule is CN1CCCN(c2nc(SCCc3ccc(OC(C)(C)C(C)(C)C)cc3)c(C#N)c3c2COC(C)(C)C3)CC1. The molecule has 1 aromatic heterocycles. The molecule has 2 aliphatic rings. The second kappa shape index (κ2) is 11.7. The van der Waals surface area contributed by atoms with Crippen LogP contribution in [0.5, 0.6) is 5.75 Å². The summed E-state index contributed by atoms with van der Waals surface area (Å²) in [7, 11) is 2.18. The minimum atomic E-state index is -0.288. The van der Waals surface area contributed by atoms with E-state index in [1.54, 1.807) is 11.8 Å². The van der Waals surface area contributed by atoms with Crippen LogP contribution in [0.3, 0.4) is 0 Å². The molecule has 212 valence electrons. The van der Waals surface area contributed by atoms with Crippen molar-refractivity contribution in [2.45, 2.75) is 90.6 Å². The monoisotopic (exact) mass is 550 g/mol. The molecule has 0 amide bonds. The largest absolute Gasteiger partial charge is 0.487 e. The molecule has 0 saturated carbocycles. The average molecular weight is 551 g/mol. The Morgan fingerprint density at radius 1 is 1.05 bits per heavy atom. The Kier molecular flexibility index (Phi) is 8.90. The van der Waals surface area contributed by atoms with Crippen molar-refractivity contribution < 1.29 is 9.47 Å². The lowest BCUT2D eigenvalue weighted by molar-refractivity contribution is -0.0402. The van der Waals surface area contributed by atoms with Crippen LogP contribution in [-0.2, 0) is 24.2 Å². The molecule has 1 fully saturated rings. The fourth-order valence-corrected chi connectivity index (χ4v) is 5.90. The van der Waals surface area contributed by atoms with Crippen molar-refractivity contribution in [1.29, 1.82) is 5.26 Å². The summed E-state index contributed by atoms with van der Waals surface area (Å²) in [4.78, 5) is 9.94. The number of hydrogen-bond acceptors (Lipinski definition) is 7. The van der Waals surface area contributed by atoms with Crippen LogP contribution in [-0.4, -0.2) is 60.1 Å². The number of nitrogens with zero attached hydrogens (tertiary/aromatic N) is 4. The Morgan fingerprint density at radius 3 is 2.44 bits per heavy atom. The molecule has 0 radical (unpaired) electrons. The number of pyridine rings is 1. The van der Waals surface area contributed by atoms with Crippen molar-refractivity contribution in [3.63, 3.8) is 0 Å². The van der Waals surface area contributed by atoms with Gasteiger partial charge in [-0.2, -0.15) is 5.26 Å². The van der Waals surface area contributed by atoms with Gasteiger partial charge in [-0.15, -0.1) is 11.8 Å². The molecular formula is C32H46N4O2S. The molecule has 0 N–H and O–H groups in total. The second-order valence-electron chi connectivity index (χ2n) is 13.2. The van der Waals surface area contributed by atoms with E-state index >= 15 is 0 Å². The van der Waals surface area contributed by atoms with Crippen molar-refractivity contribution in [3.8, 4) is 11.8 Å². The number of aromatic nitrogens is 1. The lowest BCUT2D eigenvalue weighted by Crippen LogP contribution is -2.42. The summed E-state index contributed by atoms with van der Waals surface area (Å²) in [6.45, 7) is 19.6. The summed E-state index contributed by atoms with van der Waals surface area (Å²) in [5, 5.41) is 11.1. The number of nitriles is 1. The lowest BCUT2D eigenvalue weighted by Gasteiger charge is -2.39. The van der Waals surface area contributed by atoms with Gasteiger partial charge in [0.2, 0.25) is 0 Å². The molecule has 3 heterocycles. The highest BCUT2D eigenvalue weighted by Gasteiger charge is 2.35. The van der Waals surface area contributed by atoms with E-state index in [-0.39, 0.29) is 16.6 Å². The van der Waals surface area contributed by atoms with Gasteiger partial charge in [0.15, 0.2) is 0 Å². The molecule has 7 heteroatoms. The lowest BCUT2D eigenvalue weighted by atomic mass is 9.79. The quantitative estimate of drug-likeness (QED) is 0.365. The van der Waals surface area contributed by atoms with Gasteiger partial charge in [0.25, 0.3) is 0 Å². The van der Waals surface area contributed by atoms with Crippen LogP contribution >= 0.6 is 11.8 Å². The minimum absolute atomic E-state index is 0.0338. The Hall–Kier alpha value is -2.27. The van der Waals surface area contributed by atoms with Gasteiger partial charge in [-0.3, -0.25) is 0 Å². The van der Waals surface area contributed by atoms with Crippen molar-refractivity contribution >= 4 is 17.6 Å². The van der Waals surface area contributed by atoms with Crippen molar-refractivity contribution in [2.75, 3.05) is 43.9 Å². The number of thioether (sulfide) groups is 1. The van der Waals surface area contributed by atoms with Crippen LogP contribution in [0.1, 0.15) is 77.1 Å². The zero-order chi connectivity index (χ0) is 28.4. The molecule has 4 rings (SSSR count). The molecule has 39 heavy (non-hydrogen) atoms. The van der Waals surface area contributed by atoms with Crippen LogP contribution in [0.4, 0.5) is 5.82 Å². The maximum absolute atomic E-state index is 10.2. The highest BCUT2D eigenvalue weighted by Crippen LogP contribution is 2.39. The molecular weight excluding hydrogens is 504 g/mol. The third kappa shape index (κ3) is 7.09. The number of benzene rings is 1. The number of fused-ring (bicyclic) bond motifs is 1. The molecule has 6 nitrogen and oxygen atoms in total. The Labute approximate surface area is 240 Å². The molecule has 0 atom stereocenters. The summed E-state index contributed by atoms with van der Waals surface area (Å²) in [6, 6.07) is 11.0. The predicted molar refractivity (Wildman–Crippen MR) is 161 cm³/mol. The van der Waals surface area contributed by atoms with Gasteiger partial charge in [-0.1, -0.05) is 32.9 Å². The van der Waals surface area contributed by atoms with Gasteiger partial charge in [-0.05, 0) is 77.4 Å². The first kappa shape index (κ1) is 29.7. The highest BCUT2D eigenvalue weighted by molar-refractivity contribution is 7.99. The van der Waals surface area contributed by atoms with E-state index in [0.29, 0.717) is 6.61 Å². The summed E-state index contributed by atoms with van der Waals surface area (Å²) >= 11 is 1.70. The molecule has 0 bridgehead atoms. The van der Waals surface area contributed by atoms with Gasteiger partial charge in [0.05, 0.1) is 17.8 Å². The zero-order valence-electron chi connectivity index (χ0n) is 25.2. The highest BCUT2D eigenvalue weighted by atomic mass is 32.2. The summed E-state index contributed by atoms with van der Waals surface area (Å²) in [5.41, 5.74) is 3.70. The Bertz CT molecular complexity index is 1190. The molecule has 0 unspecified atom stereocenters. The summed E-state index contributed by atoms with van der Waals surface area (Å²) in [6.07, 6.45) is 2.73. The van der Waals surface area contributed by atoms with E-state index in [4.69, 9.17) is 14.5 Å². The normalized spacial score (nSPS) is 18.3. The maximum atomic E-state index is 10.2. The first-order valence-electron chi connectivity index (χ1n) is 14.2. The predicted octanol–water partition coefficient (Wildman–Crippen LogP) is 6.48. The van der Waals surface area contributed by atoms with Gasteiger partial charge in [-0.25, -0.2) is 4.98 Å². The average Bonchev–Trinajstić information content (AvgIpc) is 3.07. The number of hydrogen-bond donors (Lipinski definition) is 0. The van der Waals surface area contributed by atoms with Crippen molar-refractivity contribution in [3.05, 3.63) is 46.5 Å². The topological polar surface area (TPSA) is 61.6 Å². The smallest absolute Gasteiger partial charge is 0.135 e. The molecule has 0 aliphatic carbocycles. The van der Waals surface area contributed by atoms with Crippen LogP contribution in [0, 0.1) is 16.7 Å².